The lowest BCUT2D eigenvalue weighted by atomic mass is 9.99. The van der Waals surface area contributed by atoms with Crippen LogP contribution in [-0.2, 0) is 4.79 Å². The van der Waals surface area contributed by atoms with Gasteiger partial charge in [0.2, 0.25) is 0 Å². The Bertz CT molecular complexity index is 1120. The molecule has 0 spiro atoms. The molecule has 2 aromatic carbocycles. The Kier molecular flexibility index (Phi) is 4.08. The fourth-order valence-electron chi connectivity index (χ4n) is 3.55. The number of nitrogens with zero attached hydrogens (tertiary/aromatic N) is 2. The Hall–Kier alpha value is -3.62. The summed E-state index contributed by atoms with van der Waals surface area (Å²) in [5.74, 6) is -0.310. The lowest BCUT2D eigenvalue weighted by Gasteiger charge is -2.39. The largest absolute Gasteiger partial charge is 0.492 e. The van der Waals surface area contributed by atoms with E-state index in [0.717, 1.165) is 22.7 Å². The molecule has 8 nitrogen and oxygen atoms in total. The first-order valence-corrected chi connectivity index (χ1v) is 9.19. The molecule has 0 unspecified atom stereocenters. The van der Waals surface area contributed by atoms with E-state index in [-0.39, 0.29) is 29.7 Å². The third-order valence-electron chi connectivity index (χ3n) is 5.10. The van der Waals surface area contributed by atoms with Gasteiger partial charge in [0.25, 0.3) is 11.8 Å². The third kappa shape index (κ3) is 3.14. The minimum Gasteiger partial charge on any atom is -0.492 e. The number of rotatable bonds is 4. The van der Waals surface area contributed by atoms with Crippen molar-refractivity contribution in [3.8, 4) is 11.5 Å². The van der Waals surface area contributed by atoms with Crippen molar-refractivity contribution in [3.05, 3.63) is 47.9 Å². The second-order valence-corrected chi connectivity index (χ2v) is 7.14. The highest BCUT2D eigenvalue weighted by Crippen LogP contribution is 2.32. The van der Waals surface area contributed by atoms with E-state index in [1.807, 2.05) is 18.2 Å². The van der Waals surface area contributed by atoms with E-state index >= 15 is 0 Å². The van der Waals surface area contributed by atoms with Crippen LogP contribution >= 0.6 is 0 Å². The number of amides is 2. The minimum absolute atomic E-state index is 0.0860. The van der Waals surface area contributed by atoms with Gasteiger partial charge in [0.15, 0.2) is 6.61 Å². The molecule has 3 aromatic rings. The number of hydrogen-bond acceptors (Lipinski definition) is 5. The summed E-state index contributed by atoms with van der Waals surface area (Å²) in [4.78, 5) is 25.7. The van der Waals surface area contributed by atoms with E-state index in [9.17, 15) is 14.0 Å². The zero-order valence-electron chi connectivity index (χ0n) is 15.3. The van der Waals surface area contributed by atoms with Crippen LogP contribution in [0.5, 0.6) is 11.5 Å². The molecule has 2 N–H and O–H groups in total. The minimum atomic E-state index is -0.670. The second kappa shape index (κ2) is 6.77. The van der Waals surface area contributed by atoms with Crippen LogP contribution in [0.2, 0.25) is 0 Å². The van der Waals surface area contributed by atoms with Crippen molar-refractivity contribution >= 4 is 28.4 Å². The van der Waals surface area contributed by atoms with E-state index < -0.39 is 11.7 Å². The molecule has 1 fully saturated rings. The number of H-pyrrole nitrogens is 1. The number of benzene rings is 2. The standard InChI is InChI=1S/C20H17FN4O4/c21-14-5-18-16(23-19(26)10-29-18)4-12(14)20(27)25-7-11(8-25)9-28-17-3-1-2-15-13(17)6-22-24-15/h1-6,11H,7-10H2,(H,22,24)(H,23,26). The molecule has 9 heteroatoms. The molecule has 0 radical (unpaired) electrons. The Labute approximate surface area is 164 Å². The van der Waals surface area contributed by atoms with Crippen molar-refractivity contribution in [2.75, 3.05) is 31.6 Å². The lowest BCUT2D eigenvalue weighted by molar-refractivity contribution is -0.118. The molecule has 2 aliphatic heterocycles. The zero-order valence-corrected chi connectivity index (χ0v) is 15.3. The number of ether oxygens (including phenoxy) is 2. The Balaban J connectivity index is 1.22. The summed E-state index contributed by atoms with van der Waals surface area (Å²) >= 11 is 0. The van der Waals surface area contributed by atoms with E-state index in [2.05, 4.69) is 15.5 Å². The van der Waals surface area contributed by atoms with Crippen molar-refractivity contribution in [1.29, 1.82) is 0 Å². The fourth-order valence-corrected chi connectivity index (χ4v) is 3.55. The van der Waals surface area contributed by atoms with Gasteiger partial charge in [0.05, 0.1) is 35.0 Å². The molecule has 148 valence electrons. The highest BCUT2D eigenvalue weighted by molar-refractivity contribution is 6.00. The van der Waals surface area contributed by atoms with Gasteiger partial charge in [-0.1, -0.05) is 6.07 Å². The SMILES string of the molecule is O=C1COc2cc(F)c(C(=O)N3CC(COc4cccc5[nH]ncc45)C3)cc2N1. The third-order valence-corrected chi connectivity index (χ3v) is 5.10. The molecule has 1 aromatic heterocycles. The smallest absolute Gasteiger partial charge is 0.262 e. The predicted molar refractivity (Wildman–Crippen MR) is 102 cm³/mol. The topological polar surface area (TPSA) is 96.5 Å². The first-order chi connectivity index (χ1) is 14.1. The molecular weight excluding hydrogens is 379 g/mol. The van der Waals surface area contributed by atoms with E-state index in [0.29, 0.717) is 25.4 Å². The molecule has 0 atom stereocenters. The van der Waals surface area contributed by atoms with Gasteiger partial charge in [-0.15, -0.1) is 0 Å². The molecule has 0 bridgehead atoms. The average Bonchev–Trinajstić information content (AvgIpc) is 3.16. The van der Waals surface area contributed by atoms with Crippen molar-refractivity contribution in [1.82, 2.24) is 15.1 Å². The molecule has 0 saturated carbocycles. The Morgan fingerprint density at radius 2 is 2.21 bits per heavy atom. The van der Waals surface area contributed by atoms with Crippen molar-refractivity contribution in [3.63, 3.8) is 0 Å². The van der Waals surface area contributed by atoms with Gasteiger partial charge in [-0.25, -0.2) is 4.39 Å². The van der Waals surface area contributed by atoms with Gasteiger partial charge < -0.3 is 19.7 Å². The molecule has 2 aliphatic rings. The van der Waals surface area contributed by atoms with Gasteiger partial charge in [-0.2, -0.15) is 5.10 Å². The molecule has 2 amide bonds. The van der Waals surface area contributed by atoms with Crippen LogP contribution in [-0.4, -0.2) is 53.2 Å². The summed E-state index contributed by atoms with van der Waals surface area (Å²) < 4.78 is 25.4. The number of aromatic nitrogens is 2. The van der Waals surface area contributed by atoms with Gasteiger partial charge in [-0.3, -0.25) is 14.7 Å². The first kappa shape index (κ1) is 17.5. The summed E-state index contributed by atoms with van der Waals surface area (Å²) in [6, 6.07) is 8.13. The van der Waals surface area contributed by atoms with Crippen LogP contribution in [0, 0.1) is 11.7 Å². The molecular formula is C20H17FN4O4. The number of carbonyl (C=O) groups excluding carboxylic acids is 2. The highest BCUT2D eigenvalue weighted by atomic mass is 19.1. The van der Waals surface area contributed by atoms with Gasteiger partial charge >= 0.3 is 0 Å². The molecule has 0 aliphatic carbocycles. The Morgan fingerprint density at radius 3 is 3.07 bits per heavy atom. The van der Waals surface area contributed by atoms with Gasteiger partial charge in [0, 0.05) is 25.1 Å². The number of carbonyl (C=O) groups is 2. The number of halogens is 1. The lowest BCUT2D eigenvalue weighted by Crippen LogP contribution is -2.52. The van der Waals surface area contributed by atoms with E-state index in [4.69, 9.17) is 9.47 Å². The molecule has 29 heavy (non-hydrogen) atoms. The van der Waals surface area contributed by atoms with Crippen LogP contribution < -0.4 is 14.8 Å². The van der Waals surface area contributed by atoms with Crippen molar-refractivity contribution in [2.45, 2.75) is 0 Å². The Morgan fingerprint density at radius 1 is 1.34 bits per heavy atom. The summed E-state index contributed by atoms with van der Waals surface area (Å²) in [5.41, 5.74) is 1.11. The number of nitrogens with one attached hydrogen (secondary N) is 2. The van der Waals surface area contributed by atoms with E-state index in [1.165, 1.54) is 6.07 Å². The van der Waals surface area contributed by atoms with Gasteiger partial charge in [-0.05, 0) is 18.2 Å². The maximum atomic E-state index is 14.4. The maximum absolute atomic E-state index is 14.4. The number of anilines is 1. The zero-order chi connectivity index (χ0) is 20.0. The van der Waals surface area contributed by atoms with E-state index in [1.54, 1.807) is 11.1 Å². The normalized spacial score (nSPS) is 16.0. The number of likely N-dealkylation sites (tertiary alicyclic amines) is 1. The predicted octanol–water partition coefficient (Wildman–Crippen LogP) is 2.18. The quantitative estimate of drug-likeness (QED) is 0.705. The monoisotopic (exact) mass is 396 g/mol. The summed E-state index contributed by atoms with van der Waals surface area (Å²) in [6.45, 7) is 1.23. The second-order valence-electron chi connectivity index (χ2n) is 7.14. The van der Waals surface area contributed by atoms with Crippen molar-refractivity contribution < 1.29 is 23.5 Å². The summed E-state index contributed by atoms with van der Waals surface area (Å²) in [7, 11) is 0. The van der Waals surface area contributed by atoms with Crippen LogP contribution in [0.25, 0.3) is 10.9 Å². The maximum Gasteiger partial charge on any atom is 0.262 e. The van der Waals surface area contributed by atoms with Crippen LogP contribution in [0.15, 0.2) is 36.5 Å². The van der Waals surface area contributed by atoms with Crippen molar-refractivity contribution in [2.24, 2.45) is 5.92 Å². The van der Waals surface area contributed by atoms with Crippen LogP contribution in [0.4, 0.5) is 10.1 Å². The summed E-state index contributed by atoms with van der Waals surface area (Å²) in [5, 5.41) is 10.4. The number of aromatic amines is 1. The average molecular weight is 396 g/mol. The molecule has 3 heterocycles. The first-order valence-electron chi connectivity index (χ1n) is 9.19. The van der Waals surface area contributed by atoms with Crippen LogP contribution in [0.1, 0.15) is 10.4 Å². The van der Waals surface area contributed by atoms with Gasteiger partial charge in [0.1, 0.15) is 17.3 Å². The molecule has 1 saturated heterocycles. The molecule has 5 rings (SSSR count). The fraction of sp³-hybridized carbons (Fsp3) is 0.250. The highest BCUT2D eigenvalue weighted by Gasteiger charge is 2.34. The number of hydrogen-bond donors (Lipinski definition) is 2. The summed E-state index contributed by atoms with van der Waals surface area (Å²) in [6.07, 6.45) is 1.71. The van der Waals surface area contributed by atoms with Crippen LogP contribution in [0.3, 0.4) is 0 Å². The number of fused-ring (bicyclic) bond motifs is 2.